The Morgan fingerprint density at radius 1 is 0.950 bits per heavy atom. The molecule has 3 heterocycles. The van der Waals surface area contributed by atoms with Gasteiger partial charge in [-0.3, -0.25) is 24.0 Å². The Kier molecular flexibility index (Phi) is 8.22. The van der Waals surface area contributed by atoms with Gasteiger partial charge in [-0.2, -0.15) is 5.26 Å². The van der Waals surface area contributed by atoms with E-state index in [9.17, 15) is 14.9 Å². The molecule has 2 fully saturated rings. The second kappa shape index (κ2) is 11.8. The predicted molar refractivity (Wildman–Crippen MR) is 165 cm³/mol. The number of piperazine rings is 1. The number of thiocarbonyl (C=S) groups is 1. The van der Waals surface area contributed by atoms with Gasteiger partial charge in [-0.1, -0.05) is 84.1 Å². The van der Waals surface area contributed by atoms with Crippen LogP contribution in [0.3, 0.4) is 0 Å². The molecule has 3 aromatic rings. The van der Waals surface area contributed by atoms with Crippen molar-refractivity contribution in [1.29, 1.82) is 5.26 Å². The molecule has 0 aliphatic carbocycles. The first kappa shape index (κ1) is 27.8. The molecule has 204 valence electrons. The molecule has 2 aliphatic heterocycles. The highest BCUT2D eigenvalue weighted by Crippen LogP contribution is 2.36. The number of amides is 1. The number of hydrogen-bond donors (Lipinski definition) is 0. The van der Waals surface area contributed by atoms with Gasteiger partial charge in [0.25, 0.3) is 11.5 Å². The number of pyridine rings is 1. The van der Waals surface area contributed by atoms with Crippen LogP contribution in [0.5, 0.6) is 0 Å². The molecule has 1 aromatic heterocycles. The summed E-state index contributed by atoms with van der Waals surface area (Å²) in [7, 11) is 1.70. The second-order valence-electron chi connectivity index (χ2n) is 10.2. The molecule has 7 nitrogen and oxygen atoms in total. The van der Waals surface area contributed by atoms with Crippen LogP contribution in [-0.4, -0.2) is 50.8 Å². The lowest BCUT2D eigenvalue weighted by atomic mass is 10.0. The first-order valence-electron chi connectivity index (χ1n) is 13.2. The molecule has 0 unspecified atom stereocenters. The molecule has 2 saturated heterocycles. The third-order valence-electron chi connectivity index (χ3n) is 7.50. The Morgan fingerprint density at radius 3 is 2.25 bits per heavy atom. The Balaban J connectivity index is 1.45. The normalized spacial score (nSPS) is 17.1. The van der Waals surface area contributed by atoms with E-state index in [1.54, 1.807) is 23.4 Å². The number of rotatable bonds is 6. The summed E-state index contributed by atoms with van der Waals surface area (Å²) >= 11 is 6.85. The molecule has 0 atom stereocenters. The minimum atomic E-state index is -0.328. The van der Waals surface area contributed by atoms with E-state index in [0.717, 1.165) is 49.7 Å². The number of thioether (sulfide) groups is 1. The quantitative estimate of drug-likeness (QED) is 0.317. The summed E-state index contributed by atoms with van der Waals surface area (Å²) < 4.78 is 2.05. The fourth-order valence-corrected chi connectivity index (χ4v) is 6.43. The van der Waals surface area contributed by atoms with Crippen molar-refractivity contribution >= 4 is 46.1 Å². The van der Waals surface area contributed by atoms with E-state index in [2.05, 4.69) is 40.1 Å². The van der Waals surface area contributed by atoms with Gasteiger partial charge in [0.05, 0.1) is 11.4 Å². The Bertz CT molecular complexity index is 1580. The van der Waals surface area contributed by atoms with Gasteiger partial charge in [0.2, 0.25) is 0 Å². The van der Waals surface area contributed by atoms with Crippen molar-refractivity contribution in [3.8, 4) is 6.07 Å². The van der Waals surface area contributed by atoms with Gasteiger partial charge in [0, 0.05) is 45.3 Å². The third-order valence-corrected chi connectivity index (χ3v) is 8.88. The van der Waals surface area contributed by atoms with Gasteiger partial charge in [-0.15, -0.1) is 0 Å². The van der Waals surface area contributed by atoms with Gasteiger partial charge < -0.3 is 4.90 Å². The highest BCUT2D eigenvalue weighted by molar-refractivity contribution is 8.26. The van der Waals surface area contributed by atoms with Crippen molar-refractivity contribution < 1.29 is 4.79 Å². The van der Waals surface area contributed by atoms with Crippen molar-refractivity contribution in [2.24, 2.45) is 7.05 Å². The average molecular weight is 570 g/mol. The largest absolute Gasteiger partial charge is 0.355 e. The molecule has 0 radical (unpaired) electrons. The molecule has 5 rings (SSSR count). The third kappa shape index (κ3) is 5.61. The van der Waals surface area contributed by atoms with Crippen molar-refractivity contribution in [2.75, 3.05) is 31.1 Å². The highest BCUT2D eigenvalue weighted by Gasteiger charge is 2.33. The fourth-order valence-electron chi connectivity index (χ4n) is 5.20. The average Bonchev–Trinajstić information content (AvgIpc) is 3.22. The van der Waals surface area contributed by atoms with Gasteiger partial charge in [-0.05, 0) is 36.6 Å². The lowest BCUT2D eigenvalue weighted by Gasteiger charge is -2.37. The van der Waals surface area contributed by atoms with E-state index < -0.39 is 0 Å². The van der Waals surface area contributed by atoms with Crippen LogP contribution >= 0.6 is 24.0 Å². The standard InChI is InChI=1S/C31H31N5O2S2/c1-21-9-11-24(12-10-21)20-36-30(38)27(40-31(36)39)17-25-22(2)26(18-32)29(37)33(3)28(25)35-15-13-34(14-16-35)19-23-7-5-4-6-8-23/h4-12,17H,13-16,19-20H2,1-3H3. The number of nitrogens with zero attached hydrogens (tertiary/aromatic N) is 5. The maximum atomic E-state index is 13.5. The maximum absolute atomic E-state index is 13.5. The molecular weight excluding hydrogens is 539 g/mol. The second-order valence-corrected chi connectivity index (χ2v) is 11.9. The summed E-state index contributed by atoms with van der Waals surface area (Å²) in [5.41, 5.74) is 4.48. The first-order valence-corrected chi connectivity index (χ1v) is 14.4. The fraction of sp³-hybridized carbons (Fsp3) is 0.290. The van der Waals surface area contributed by atoms with Crippen LogP contribution in [0.1, 0.15) is 33.4 Å². The van der Waals surface area contributed by atoms with E-state index in [1.807, 2.05) is 43.3 Å². The van der Waals surface area contributed by atoms with Crippen molar-refractivity contribution in [3.05, 3.63) is 103 Å². The molecular formula is C31H31N5O2S2. The van der Waals surface area contributed by atoms with Crippen LogP contribution in [-0.2, 0) is 24.9 Å². The van der Waals surface area contributed by atoms with E-state index in [1.165, 1.54) is 17.3 Å². The molecule has 2 aromatic carbocycles. The molecule has 0 spiro atoms. The van der Waals surface area contributed by atoms with Crippen LogP contribution < -0.4 is 10.5 Å². The molecule has 40 heavy (non-hydrogen) atoms. The van der Waals surface area contributed by atoms with Crippen LogP contribution in [0, 0.1) is 25.2 Å². The number of anilines is 1. The first-order chi connectivity index (χ1) is 19.3. The minimum Gasteiger partial charge on any atom is -0.355 e. The maximum Gasteiger partial charge on any atom is 0.270 e. The van der Waals surface area contributed by atoms with Gasteiger partial charge in [-0.25, -0.2) is 0 Å². The van der Waals surface area contributed by atoms with E-state index in [0.29, 0.717) is 26.9 Å². The van der Waals surface area contributed by atoms with E-state index >= 15 is 0 Å². The number of hydrogen-bond acceptors (Lipinski definition) is 7. The van der Waals surface area contributed by atoms with Crippen LogP contribution in [0.4, 0.5) is 5.82 Å². The summed E-state index contributed by atoms with van der Waals surface area (Å²) in [5, 5.41) is 9.80. The van der Waals surface area contributed by atoms with Crippen molar-refractivity contribution in [3.63, 3.8) is 0 Å². The Hall–Kier alpha value is -3.71. The van der Waals surface area contributed by atoms with Gasteiger partial charge in [0.15, 0.2) is 0 Å². The number of carbonyl (C=O) groups is 1. The topological polar surface area (TPSA) is 72.6 Å². The summed E-state index contributed by atoms with van der Waals surface area (Å²) in [4.78, 5) is 33.4. The highest BCUT2D eigenvalue weighted by atomic mass is 32.2. The zero-order chi connectivity index (χ0) is 28.4. The molecule has 2 aliphatic rings. The Morgan fingerprint density at radius 2 is 1.60 bits per heavy atom. The smallest absolute Gasteiger partial charge is 0.270 e. The molecule has 0 N–H and O–H groups in total. The zero-order valence-corrected chi connectivity index (χ0v) is 24.5. The van der Waals surface area contributed by atoms with Crippen molar-refractivity contribution in [1.82, 2.24) is 14.4 Å². The Labute approximate surface area is 244 Å². The number of aromatic nitrogens is 1. The number of nitriles is 1. The molecule has 0 saturated carbocycles. The summed E-state index contributed by atoms with van der Waals surface area (Å²) in [6, 6.07) is 20.5. The number of carbonyl (C=O) groups excluding carboxylic acids is 1. The minimum absolute atomic E-state index is 0.0929. The summed E-state index contributed by atoms with van der Waals surface area (Å²) in [6.45, 7) is 8.19. The van der Waals surface area contributed by atoms with Crippen LogP contribution in [0.25, 0.3) is 6.08 Å². The van der Waals surface area contributed by atoms with Crippen LogP contribution in [0.2, 0.25) is 0 Å². The lowest BCUT2D eigenvalue weighted by Crippen LogP contribution is -2.48. The predicted octanol–water partition coefficient (Wildman–Crippen LogP) is 4.60. The van der Waals surface area contributed by atoms with Gasteiger partial charge >= 0.3 is 0 Å². The SMILES string of the molecule is Cc1ccc(CN2C(=O)C(=Cc3c(C)c(C#N)c(=O)n(C)c3N3CCN(Cc4ccccc4)CC3)SC2=S)cc1. The number of aryl methyl sites for hydroxylation is 1. The van der Waals surface area contributed by atoms with Gasteiger partial charge in [0.1, 0.15) is 21.8 Å². The summed E-state index contributed by atoms with van der Waals surface area (Å²) in [5.74, 6) is 0.561. The lowest BCUT2D eigenvalue weighted by molar-refractivity contribution is -0.122. The van der Waals surface area contributed by atoms with Crippen LogP contribution in [0.15, 0.2) is 64.3 Å². The molecule has 0 bridgehead atoms. The molecule has 9 heteroatoms. The molecule has 1 amide bonds. The number of benzene rings is 2. The van der Waals surface area contributed by atoms with Crippen molar-refractivity contribution in [2.45, 2.75) is 26.9 Å². The monoisotopic (exact) mass is 569 g/mol. The van der Waals surface area contributed by atoms with E-state index in [4.69, 9.17) is 12.2 Å². The van der Waals surface area contributed by atoms with E-state index in [-0.39, 0.29) is 17.0 Å². The zero-order valence-electron chi connectivity index (χ0n) is 22.9. The summed E-state index contributed by atoms with van der Waals surface area (Å²) in [6.07, 6.45) is 1.82.